The molecule has 0 aliphatic carbocycles. The maximum atomic E-state index is 13.1. The van der Waals surface area contributed by atoms with Gasteiger partial charge in [0.25, 0.3) is 11.7 Å². The Bertz CT molecular complexity index is 1040. The Morgan fingerprint density at radius 3 is 2.48 bits per heavy atom. The third-order valence-corrected chi connectivity index (χ3v) is 5.99. The van der Waals surface area contributed by atoms with Crippen LogP contribution in [-0.4, -0.2) is 59.4 Å². The Labute approximate surface area is 199 Å². The fraction of sp³-hybridized carbons (Fsp3) is 0.308. The second-order valence-electron chi connectivity index (χ2n) is 7.70. The number of hydrogen-bond donors (Lipinski definition) is 1. The number of likely N-dealkylation sites (N-methyl/N-ethyl adjacent to an activating group) is 1. The molecule has 33 heavy (non-hydrogen) atoms. The lowest BCUT2D eigenvalue weighted by Crippen LogP contribution is -2.38. The van der Waals surface area contributed by atoms with Crippen LogP contribution in [0.25, 0.3) is 5.76 Å². The van der Waals surface area contributed by atoms with Gasteiger partial charge in [0.2, 0.25) is 0 Å². The van der Waals surface area contributed by atoms with Gasteiger partial charge in [0.15, 0.2) is 0 Å². The molecular weight excluding hydrogens is 440 g/mol. The normalized spacial score (nSPS) is 17.6. The molecule has 1 fully saturated rings. The molecule has 1 heterocycles. The maximum absolute atomic E-state index is 13.1. The van der Waals surface area contributed by atoms with E-state index in [1.165, 1.54) is 4.90 Å². The highest BCUT2D eigenvalue weighted by atomic mass is 35.5. The van der Waals surface area contributed by atoms with Crippen molar-refractivity contribution in [1.82, 2.24) is 9.80 Å². The number of benzene rings is 2. The van der Waals surface area contributed by atoms with Gasteiger partial charge < -0.3 is 19.6 Å². The molecule has 1 unspecified atom stereocenters. The highest BCUT2D eigenvalue weighted by Gasteiger charge is 2.46. The third-order valence-electron chi connectivity index (χ3n) is 5.75. The standard InChI is InChI=1S/C26H29ClN2O4/c1-4-16-33-21-12-10-18(11-13-21)24(30)22-23(19-8-7-9-20(27)17-19)29(26(32)25(22)31)15-14-28(5-2)6-3/h4,7-13,17,23,30H,1,5-6,14-16H2,2-3H3/b24-22+. The van der Waals surface area contributed by atoms with E-state index in [1.807, 2.05) is 6.07 Å². The molecule has 2 aromatic rings. The maximum Gasteiger partial charge on any atom is 0.295 e. The van der Waals surface area contributed by atoms with Gasteiger partial charge in [0.05, 0.1) is 11.6 Å². The van der Waals surface area contributed by atoms with E-state index >= 15 is 0 Å². The molecule has 6 nitrogen and oxygen atoms in total. The molecular formula is C26H29ClN2O4. The average molecular weight is 469 g/mol. The highest BCUT2D eigenvalue weighted by Crippen LogP contribution is 2.40. The van der Waals surface area contributed by atoms with Crippen LogP contribution in [0.4, 0.5) is 0 Å². The number of carbonyl (C=O) groups excluding carboxylic acids is 2. The van der Waals surface area contributed by atoms with Crippen molar-refractivity contribution in [3.05, 3.63) is 82.9 Å². The Morgan fingerprint density at radius 1 is 1.18 bits per heavy atom. The molecule has 1 amide bonds. The number of hydrogen-bond acceptors (Lipinski definition) is 5. The zero-order valence-corrected chi connectivity index (χ0v) is 19.7. The summed E-state index contributed by atoms with van der Waals surface area (Å²) >= 11 is 6.22. The lowest BCUT2D eigenvalue weighted by molar-refractivity contribution is -0.140. The lowest BCUT2D eigenvalue weighted by atomic mass is 9.95. The van der Waals surface area contributed by atoms with E-state index in [1.54, 1.807) is 48.5 Å². The van der Waals surface area contributed by atoms with Gasteiger partial charge in [0, 0.05) is 23.7 Å². The van der Waals surface area contributed by atoms with Gasteiger partial charge in [0.1, 0.15) is 18.1 Å². The summed E-state index contributed by atoms with van der Waals surface area (Å²) in [5.41, 5.74) is 1.16. The van der Waals surface area contributed by atoms with Crippen LogP contribution < -0.4 is 4.74 Å². The van der Waals surface area contributed by atoms with Crippen molar-refractivity contribution in [2.75, 3.05) is 32.8 Å². The highest BCUT2D eigenvalue weighted by molar-refractivity contribution is 6.46. The van der Waals surface area contributed by atoms with Crippen LogP contribution in [0, 0.1) is 0 Å². The van der Waals surface area contributed by atoms with E-state index in [-0.39, 0.29) is 11.3 Å². The predicted molar refractivity (Wildman–Crippen MR) is 130 cm³/mol. The van der Waals surface area contributed by atoms with E-state index in [9.17, 15) is 14.7 Å². The first kappa shape index (κ1) is 24.6. The van der Waals surface area contributed by atoms with E-state index in [2.05, 4.69) is 25.3 Å². The van der Waals surface area contributed by atoms with Crippen molar-refractivity contribution in [2.45, 2.75) is 19.9 Å². The Balaban J connectivity index is 2.04. The number of aliphatic hydroxyl groups is 1. The minimum atomic E-state index is -0.726. The van der Waals surface area contributed by atoms with Crippen LogP contribution in [0.5, 0.6) is 5.75 Å². The first-order valence-corrected chi connectivity index (χ1v) is 11.4. The van der Waals surface area contributed by atoms with E-state index in [0.29, 0.717) is 41.6 Å². The van der Waals surface area contributed by atoms with Gasteiger partial charge in [-0.15, -0.1) is 0 Å². The van der Waals surface area contributed by atoms with Crippen LogP contribution in [0.2, 0.25) is 5.02 Å². The number of nitrogens with zero attached hydrogens (tertiary/aromatic N) is 2. The fourth-order valence-corrected chi connectivity index (χ4v) is 4.14. The molecule has 1 atom stereocenters. The molecule has 0 saturated carbocycles. The van der Waals surface area contributed by atoms with Gasteiger partial charge in [-0.2, -0.15) is 0 Å². The molecule has 1 saturated heterocycles. The molecule has 0 bridgehead atoms. The first-order valence-electron chi connectivity index (χ1n) is 11.0. The number of ketones is 1. The predicted octanol–water partition coefficient (Wildman–Crippen LogP) is 4.67. The minimum Gasteiger partial charge on any atom is -0.507 e. The van der Waals surface area contributed by atoms with Crippen LogP contribution >= 0.6 is 11.6 Å². The summed E-state index contributed by atoms with van der Waals surface area (Å²) < 4.78 is 5.49. The number of aliphatic hydroxyl groups excluding tert-OH is 1. The van der Waals surface area contributed by atoms with Crippen molar-refractivity contribution >= 4 is 29.1 Å². The quantitative estimate of drug-likeness (QED) is 0.237. The SMILES string of the molecule is C=CCOc1ccc(/C(O)=C2\C(=O)C(=O)N(CCN(CC)CC)C2c2cccc(Cl)c2)cc1. The number of likely N-dealkylation sites (tertiary alicyclic amines) is 1. The number of rotatable bonds is 10. The van der Waals surface area contributed by atoms with Crippen molar-refractivity contribution in [2.24, 2.45) is 0 Å². The first-order chi connectivity index (χ1) is 15.9. The smallest absolute Gasteiger partial charge is 0.295 e. The van der Waals surface area contributed by atoms with E-state index < -0.39 is 17.7 Å². The molecule has 1 aliphatic rings. The van der Waals surface area contributed by atoms with Gasteiger partial charge in [-0.1, -0.05) is 50.2 Å². The van der Waals surface area contributed by atoms with E-state index in [0.717, 1.165) is 13.1 Å². The molecule has 2 aromatic carbocycles. The number of amides is 1. The monoisotopic (exact) mass is 468 g/mol. The molecule has 1 N–H and O–H groups in total. The van der Waals surface area contributed by atoms with Gasteiger partial charge in [-0.25, -0.2) is 0 Å². The van der Waals surface area contributed by atoms with Crippen molar-refractivity contribution in [3.8, 4) is 5.75 Å². The molecule has 7 heteroatoms. The summed E-state index contributed by atoms with van der Waals surface area (Å²) in [6.07, 6.45) is 1.64. The lowest BCUT2D eigenvalue weighted by Gasteiger charge is -2.28. The minimum absolute atomic E-state index is 0.0570. The summed E-state index contributed by atoms with van der Waals surface area (Å²) in [7, 11) is 0. The van der Waals surface area contributed by atoms with Crippen molar-refractivity contribution in [1.29, 1.82) is 0 Å². The fourth-order valence-electron chi connectivity index (χ4n) is 3.94. The third kappa shape index (κ3) is 5.46. The Kier molecular flexibility index (Phi) is 8.31. The molecule has 0 aromatic heterocycles. The summed E-state index contributed by atoms with van der Waals surface area (Å²) in [5.74, 6) is -0.944. The Hall–Kier alpha value is -3.09. The molecule has 174 valence electrons. The van der Waals surface area contributed by atoms with E-state index in [4.69, 9.17) is 16.3 Å². The van der Waals surface area contributed by atoms with Gasteiger partial charge >= 0.3 is 0 Å². The molecule has 3 rings (SSSR count). The van der Waals surface area contributed by atoms with Crippen molar-refractivity contribution in [3.63, 3.8) is 0 Å². The molecule has 1 aliphatic heterocycles. The number of halogens is 1. The number of ether oxygens (including phenoxy) is 1. The Morgan fingerprint density at radius 2 is 1.88 bits per heavy atom. The molecule has 0 radical (unpaired) electrons. The second kappa shape index (κ2) is 11.2. The summed E-state index contributed by atoms with van der Waals surface area (Å²) in [6.45, 7) is 10.7. The van der Waals surface area contributed by atoms with Crippen LogP contribution in [0.3, 0.4) is 0 Å². The summed E-state index contributed by atoms with van der Waals surface area (Å²) in [6, 6.07) is 13.0. The zero-order chi connectivity index (χ0) is 24.0. The zero-order valence-electron chi connectivity index (χ0n) is 19.0. The van der Waals surface area contributed by atoms with Gasteiger partial charge in [-0.3, -0.25) is 9.59 Å². The molecule has 0 spiro atoms. The van der Waals surface area contributed by atoms with Gasteiger partial charge in [-0.05, 0) is 55.1 Å². The largest absolute Gasteiger partial charge is 0.507 e. The number of carbonyl (C=O) groups is 2. The van der Waals surface area contributed by atoms with Crippen LogP contribution in [0.1, 0.15) is 31.0 Å². The van der Waals surface area contributed by atoms with Crippen LogP contribution in [-0.2, 0) is 9.59 Å². The topological polar surface area (TPSA) is 70.1 Å². The second-order valence-corrected chi connectivity index (χ2v) is 8.13. The average Bonchev–Trinajstić information content (AvgIpc) is 3.08. The summed E-state index contributed by atoms with van der Waals surface area (Å²) in [5, 5.41) is 11.6. The van der Waals surface area contributed by atoms with Crippen LogP contribution in [0.15, 0.2) is 66.8 Å². The van der Waals surface area contributed by atoms with Crippen molar-refractivity contribution < 1.29 is 19.4 Å². The number of Topliss-reactive ketones (excluding diaryl/α,β-unsaturated/α-hetero) is 1. The summed E-state index contributed by atoms with van der Waals surface area (Å²) in [4.78, 5) is 29.8.